The molecule has 0 radical (unpaired) electrons. The van der Waals surface area contributed by atoms with E-state index in [0.717, 1.165) is 16.8 Å². The van der Waals surface area contributed by atoms with Crippen molar-refractivity contribution >= 4 is 27.3 Å². The molecule has 0 fully saturated rings. The lowest BCUT2D eigenvalue weighted by molar-refractivity contribution is 0.409. The SMILES string of the molecule is COc1ccc(CNC(c2cccs2)C(C)C)cc1Br. The van der Waals surface area contributed by atoms with Crippen molar-refractivity contribution < 1.29 is 4.74 Å². The van der Waals surface area contributed by atoms with E-state index in [-0.39, 0.29) is 0 Å². The fraction of sp³-hybridized carbons (Fsp3) is 0.375. The Morgan fingerprint density at radius 3 is 2.65 bits per heavy atom. The molecule has 0 spiro atoms. The minimum Gasteiger partial charge on any atom is -0.496 e. The van der Waals surface area contributed by atoms with Crippen LogP contribution in [0.3, 0.4) is 0 Å². The van der Waals surface area contributed by atoms with Crippen molar-refractivity contribution in [3.63, 3.8) is 0 Å². The van der Waals surface area contributed by atoms with Gasteiger partial charge in [-0.25, -0.2) is 0 Å². The topological polar surface area (TPSA) is 21.3 Å². The Hall–Kier alpha value is -0.840. The average molecular weight is 354 g/mol. The number of benzene rings is 1. The van der Waals surface area contributed by atoms with Crippen molar-refractivity contribution in [3.8, 4) is 5.75 Å². The average Bonchev–Trinajstić information content (AvgIpc) is 2.92. The van der Waals surface area contributed by atoms with Crippen LogP contribution in [0.5, 0.6) is 5.75 Å². The molecule has 1 N–H and O–H groups in total. The third-order valence-corrected chi connectivity index (χ3v) is 4.83. The third kappa shape index (κ3) is 3.84. The normalized spacial score (nSPS) is 12.7. The molecule has 1 atom stereocenters. The van der Waals surface area contributed by atoms with E-state index >= 15 is 0 Å². The second-order valence-corrected chi connectivity index (χ2v) is 6.92. The molecule has 20 heavy (non-hydrogen) atoms. The van der Waals surface area contributed by atoms with Gasteiger partial charge in [-0.1, -0.05) is 26.0 Å². The van der Waals surface area contributed by atoms with Crippen molar-refractivity contribution in [2.24, 2.45) is 5.92 Å². The minimum absolute atomic E-state index is 0.399. The summed E-state index contributed by atoms with van der Waals surface area (Å²) in [6.07, 6.45) is 0. The van der Waals surface area contributed by atoms with Gasteiger partial charge in [0.1, 0.15) is 5.75 Å². The number of halogens is 1. The summed E-state index contributed by atoms with van der Waals surface area (Å²) < 4.78 is 6.25. The number of thiophene rings is 1. The molecule has 2 rings (SSSR count). The highest BCUT2D eigenvalue weighted by molar-refractivity contribution is 9.10. The summed E-state index contributed by atoms with van der Waals surface area (Å²) in [6.45, 7) is 5.35. The molecule has 0 saturated heterocycles. The van der Waals surface area contributed by atoms with Crippen LogP contribution in [0.15, 0.2) is 40.2 Å². The quantitative estimate of drug-likeness (QED) is 0.788. The van der Waals surface area contributed by atoms with E-state index in [4.69, 9.17) is 4.74 Å². The van der Waals surface area contributed by atoms with E-state index in [9.17, 15) is 0 Å². The van der Waals surface area contributed by atoms with Gasteiger partial charge < -0.3 is 10.1 Å². The molecular formula is C16H20BrNOS. The highest BCUT2D eigenvalue weighted by Crippen LogP contribution is 2.28. The van der Waals surface area contributed by atoms with E-state index in [2.05, 4.69) is 64.7 Å². The molecule has 0 amide bonds. The summed E-state index contributed by atoms with van der Waals surface area (Å²) in [6, 6.07) is 10.9. The van der Waals surface area contributed by atoms with E-state index in [1.165, 1.54) is 10.4 Å². The van der Waals surface area contributed by atoms with Crippen molar-refractivity contribution in [2.45, 2.75) is 26.4 Å². The van der Waals surface area contributed by atoms with Crippen LogP contribution < -0.4 is 10.1 Å². The predicted octanol–water partition coefficient (Wildman–Crippen LogP) is 5.01. The highest BCUT2D eigenvalue weighted by atomic mass is 79.9. The largest absolute Gasteiger partial charge is 0.496 e. The molecule has 1 aromatic carbocycles. The van der Waals surface area contributed by atoms with Crippen molar-refractivity contribution in [2.75, 3.05) is 7.11 Å². The summed E-state index contributed by atoms with van der Waals surface area (Å²) in [7, 11) is 1.68. The number of hydrogen-bond donors (Lipinski definition) is 1. The number of methoxy groups -OCH3 is 1. The molecule has 0 aliphatic carbocycles. The van der Waals surface area contributed by atoms with Crippen LogP contribution in [0.4, 0.5) is 0 Å². The van der Waals surface area contributed by atoms with Gasteiger partial charge in [-0.2, -0.15) is 0 Å². The molecule has 1 heterocycles. The maximum absolute atomic E-state index is 5.26. The number of ether oxygens (including phenoxy) is 1. The van der Waals surface area contributed by atoms with E-state index in [1.54, 1.807) is 7.11 Å². The summed E-state index contributed by atoms with van der Waals surface area (Å²) in [5.74, 6) is 1.43. The second kappa shape index (κ2) is 7.25. The van der Waals surface area contributed by atoms with Gasteiger partial charge in [0, 0.05) is 17.5 Å². The van der Waals surface area contributed by atoms with Crippen LogP contribution in [0, 0.1) is 5.92 Å². The van der Waals surface area contributed by atoms with Crippen molar-refractivity contribution in [3.05, 3.63) is 50.6 Å². The van der Waals surface area contributed by atoms with Crippen LogP contribution in [0.1, 0.15) is 30.3 Å². The molecule has 2 nitrogen and oxygen atoms in total. The summed E-state index contributed by atoms with van der Waals surface area (Å²) in [5, 5.41) is 5.79. The van der Waals surface area contributed by atoms with Crippen molar-refractivity contribution in [1.29, 1.82) is 0 Å². The monoisotopic (exact) mass is 353 g/mol. The lowest BCUT2D eigenvalue weighted by Crippen LogP contribution is -2.24. The van der Waals surface area contributed by atoms with Gasteiger partial charge >= 0.3 is 0 Å². The molecule has 0 bridgehead atoms. The zero-order valence-electron chi connectivity index (χ0n) is 12.0. The first-order valence-corrected chi connectivity index (χ1v) is 8.38. The second-order valence-electron chi connectivity index (χ2n) is 5.09. The van der Waals surface area contributed by atoms with Crippen LogP contribution in [0.2, 0.25) is 0 Å². The Bertz CT molecular complexity index is 539. The zero-order valence-corrected chi connectivity index (χ0v) is 14.4. The molecule has 0 aliphatic heterocycles. The Labute approximate surface area is 133 Å². The molecule has 0 saturated carbocycles. The maximum Gasteiger partial charge on any atom is 0.133 e. The number of hydrogen-bond acceptors (Lipinski definition) is 3. The van der Waals surface area contributed by atoms with Gasteiger partial charge in [-0.05, 0) is 51.0 Å². The van der Waals surface area contributed by atoms with Gasteiger partial charge in [-0.3, -0.25) is 0 Å². The zero-order chi connectivity index (χ0) is 14.5. The minimum atomic E-state index is 0.399. The standard InChI is InChI=1S/C16H20BrNOS/c1-11(2)16(15-5-4-8-20-15)18-10-12-6-7-14(19-3)13(17)9-12/h4-9,11,16,18H,10H2,1-3H3. The van der Waals surface area contributed by atoms with E-state index < -0.39 is 0 Å². The van der Waals surface area contributed by atoms with Crippen LogP contribution >= 0.6 is 27.3 Å². The van der Waals surface area contributed by atoms with Crippen LogP contribution in [-0.2, 0) is 6.54 Å². The first kappa shape index (κ1) is 15.5. The smallest absolute Gasteiger partial charge is 0.133 e. The molecule has 1 unspecified atom stereocenters. The lowest BCUT2D eigenvalue weighted by Gasteiger charge is -2.21. The van der Waals surface area contributed by atoms with Gasteiger partial charge in [-0.15, -0.1) is 11.3 Å². The van der Waals surface area contributed by atoms with Gasteiger partial charge in [0.05, 0.1) is 11.6 Å². The van der Waals surface area contributed by atoms with Gasteiger partial charge in [0.2, 0.25) is 0 Å². The Balaban J connectivity index is 2.04. The first-order chi connectivity index (χ1) is 9.61. The summed E-state index contributed by atoms with van der Waals surface area (Å²) in [5.41, 5.74) is 1.25. The summed E-state index contributed by atoms with van der Waals surface area (Å²) >= 11 is 5.34. The Kier molecular flexibility index (Phi) is 5.64. The van der Waals surface area contributed by atoms with E-state index in [1.807, 2.05) is 17.4 Å². The number of rotatable bonds is 6. The highest BCUT2D eigenvalue weighted by Gasteiger charge is 2.16. The number of nitrogens with one attached hydrogen (secondary N) is 1. The maximum atomic E-state index is 5.26. The summed E-state index contributed by atoms with van der Waals surface area (Å²) in [4.78, 5) is 1.40. The lowest BCUT2D eigenvalue weighted by atomic mass is 10.0. The Morgan fingerprint density at radius 1 is 1.30 bits per heavy atom. The van der Waals surface area contributed by atoms with Crippen molar-refractivity contribution in [1.82, 2.24) is 5.32 Å². The predicted molar refractivity (Wildman–Crippen MR) is 89.4 cm³/mol. The van der Waals surface area contributed by atoms with Gasteiger partial charge in [0.25, 0.3) is 0 Å². The molecular weight excluding hydrogens is 334 g/mol. The van der Waals surface area contributed by atoms with E-state index in [0.29, 0.717) is 12.0 Å². The van der Waals surface area contributed by atoms with Crippen LogP contribution in [0.25, 0.3) is 0 Å². The van der Waals surface area contributed by atoms with Gasteiger partial charge in [0.15, 0.2) is 0 Å². The van der Waals surface area contributed by atoms with Crippen LogP contribution in [-0.4, -0.2) is 7.11 Å². The molecule has 108 valence electrons. The Morgan fingerprint density at radius 2 is 2.10 bits per heavy atom. The molecule has 4 heteroatoms. The molecule has 0 aliphatic rings. The molecule has 2 aromatic rings. The fourth-order valence-corrected chi connectivity index (χ4v) is 3.74. The fourth-order valence-electron chi connectivity index (χ4n) is 2.18. The first-order valence-electron chi connectivity index (χ1n) is 6.71. The third-order valence-electron chi connectivity index (χ3n) is 3.26. The molecule has 1 aromatic heterocycles.